The van der Waals surface area contributed by atoms with Crippen molar-refractivity contribution >= 4 is 82.2 Å². The van der Waals surface area contributed by atoms with Crippen molar-refractivity contribution in [1.29, 1.82) is 0 Å². The first-order chi connectivity index (χ1) is 17.2. The highest BCUT2D eigenvalue weighted by atomic mass is 79.9. The van der Waals surface area contributed by atoms with E-state index in [9.17, 15) is 14.9 Å². The van der Waals surface area contributed by atoms with Crippen molar-refractivity contribution < 1.29 is 9.66 Å². The molecule has 0 amide bonds. The number of rotatable bonds is 7. The van der Waals surface area contributed by atoms with Crippen molar-refractivity contribution in [3.05, 3.63) is 104 Å². The van der Waals surface area contributed by atoms with E-state index in [2.05, 4.69) is 57.9 Å². The van der Waals surface area contributed by atoms with Crippen LogP contribution in [0.4, 0.5) is 5.69 Å². The predicted octanol–water partition coefficient (Wildman–Crippen LogP) is 7.27. The smallest absolute Gasteiger partial charge is 0.313 e. The molecule has 36 heavy (non-hydrogen) atoms. The van der Waals surface area contributed by atoms with Gasteiger partial charge in [-0.05, 0) is 36.4 Å². The van der Waals surface area contributed by atoms with Crippen molar-refractivity contribution in [2.75, 3.05) is 0 Å². The number of nitro groups is 1. The Hall–Kier alpha value is -2.60. The summed E-state index contributed by atoms with van der Waals surface area (Å²) >= 11 is 16.4. The van der Waals surface area contributed by atoms with Crippen molar-refractivity contribution in [3.63, 3.8) is 0 Å². The Morgan fingerprint density at radius 3 is 2.56 bits per heavy atom. The fraction of sp³-hybridized carbons (Fsp3) is 0.125. The number of ether oxygens (including phenoxy) is 1. The molecule has 8 nitrogen and oxygen atoms in total. The minimum Gasteiger partial charge on any atom is -0.481 e. The number of nitro benzene ring substituents is 1. The lowest BCUT2D eigenvalue weighted by molar-refractivity contribution is -0.385. The maximum atomic E-state index is 13.2. The summed E-state index contributed by atoms with van der Waals surface area (Å²) in [5.41, 5.74) is 0.881. The summed E-state index contributed by atoms with van der Waals surface area (Å²) in [4.78, 5) is 29.0. The third-order valence-electron chi connectivity index (χ3n) is 5.15. The average molecular weight is 700 g/mol. The van der Waals surface area contributed by atoms with Gasteiger partial charge in [0.2, 0.25) is 5.75 Å². The van der Waals surface area contributed by atoms with Crippen molar-refractivity contribution in [1.82, 2.24) is 9.66 Å². The van der Waals surface area contributed by atoms with E-state index in [0.717, 1.165) is 19.0 Å². The van der Waals surface area contributed by atoms with E-state index in [4.69, 9.17) is 16.3 Å². The molecule has 0 aliphatic carbocycles. The van der Waals surface area contributed by atoms with E-state index in [-0.39, 0.29) is 34.2 Å². The van der Waals surface area contributed by atoms with Gasteiger partial charge in [0.1, 0.15) is 12.4 Å². The van der Waals surface area contributed by atoms with Gasteiger partial charge in [-0.25, -0.2) is 4.98 Å². The topological polar surface area (TPSA) is 99.6 Å². The normalized spacial score (nSPS) is 11.4. The summed E-state index contributed by atoms with van der Waals surface area (Å²) < 4.78 is 9.46. The number of hydrogen-bond acceptors (Lipinski definition) is 6. The zero-order chi connectivity index (χ0) is 26.0. The third-order valence-corrected chi connectivity index (χ3v) is 7.09. The van der Waals surface area contributed by atoms with Gasteiger partial charge >= 0.3 is 5.69 Å². The van der Waals surface area contributed by atoms with Crippen LogP contribution in [0.2, 0.25) is 5.02 Å². The van der Waals surface area contributed by atoms with Crippen LogP contribution in [0.15, 0.2) is 71.8 Å². The lowest BCUT2D eigenvalue weighted by atomic mass is 10.2. The fourth-order valence-corrected chi connectivity index (χ4v) is 5.18. The SMILES string of the molecule is CCc1nc2ccc(Br)cc2c(=O)n1N=Cc1cc(Cl)cc([N+](=O)[O-])c1OCc1ccc(Br)cc1Br. The molecule has 0 fully saturated rings. The molecular weight excluding hydrogens is 683 g/mol. The monoisotopic (exact) mass is 696 g/mol. The molecule has 4 aromatic rings. The molecule has 0 radical (unpaired) electrons. The minimum absolute atomic E-state index is 0.0226. The molecule has 0 aliphatic heterocycles. The average Bonchev–Trinajstić information content (AvgIpc) is 2.83. The molecule has 1 heterocycles. The van der Waals surface area contributed by atoms with Gasteiger partial charge in [-0.2, -0.15) is 9.78 Å². The van der Waals surface area contributed by atoms with Crippen LogP contribution in [-0.2, 0) is 13.0 Å². The van der Waals surface area contributed by atoms with Gasteiger partial charge in [0.25, 0.3) is 5.56 Å². The predicted molar refractivity (Wildman–Crippen MR) is 150 cm³/mol. The molecule has 12 heteroatoms. The summed E-state index contributed by atoms with van der Waals surface area (Å²) in [5.74, 6) is 0.412. The highest BCUT2D eigenvalue weighted by Crippen LogP contribution is 2.35. The van der Waals surface area contributed by atoms with E-state index in [1.807, 2.05) is 25.1 Å². The Labute approximate surface area is 235 Å². The Kier molecular flexibility index (Phi) is 8.23. The minimum atomic E-state index is -0.575. The summed E-state index contributed by atoms with van der Waals surface area (Å²) in [6.45, 7) is 1.90. The van der Waals surface area contributed by atoms with Gasteiger partial charge in [-0.15, -0.1) is 0 Å². The van der Waals surface area contributed by atoms with Gasteiger partial charge in [0, 0.05) is 42.1 Å². The van der Waals surface area contributed by atoms with E-state index in [1.165, 1.54) is 23.0 Å². The zero-order valence-electron chi connectivity index (χ0n) is 18.5. The van der Waals surface area contributed by atoms with Crippen LogP contribution >= 0.6 is 59.4 Å². The maximum absolute atomic E-state index is 13.2. The lowest BCUT2D eigenvalue weighted by Crippen LogP contribution is -2.22. The van der Waals surface area contributed by atoms with Gasteiger partial charge in [0.05, 0.1) is 22.0 Å². The number of aryl methyl sites for hydroxylation is 1. The van der Waals surface area contributed by atoms with Crippen LogP contribution < -0.4 is 10.3 Å². The summed E-state index contributed by atoms with van der Waals surface area (Å²) in [5, 5.41) is 16.6. The zero-order valence-corrected chi connectivity index (χ0v) is 24.1. The molecule has 0 unspecified atom stereocenters. The number of aromatic nitrogens is 2. The Morgan fingerprint density at radius 1 is 1.14 bits per heavy atom. The Balaban J connectivity index is 1.80. The molecule has 0 atom stereocenters. The molecule has 0 spiro atoms. The molecule has 0 saturated heterocycles. The van der Waals surface area contributed by atoms with Crippen LogP contribution in [0, 0.1) is 10.1 Å². The number of fused-ring (bicyclic) bond motifs is 1. The highest BCUT2D eigenvalue weighted by Gasteiger charge is 2.21. The maximum Gasteiger partial charge on any atom is 0.313 e. The third kappa shape index (κ3) is 5.69. The van der Waals surface area contributed by atoms with Gasteiger partial charge in [-0.3, -0.25) is 14.9 Å². The van der Waals surface area contributed by atoms with Gasteiger partial charge in [-0.1, -0.05) is 72.4 Å². The standard InChI is InChI=1S/C24H16Br3ClN4O4/c1-2-22-30-20-6-5-15(25)8-18(20)24(33)31(22)29-11-14-7-17(28)10-21(32(34)35)23(14)36-12-13-3-4-16(26)9-19(13)27/h3-11H,2,12H2,1H3. The van der Waals surface area contributed by atoms with Crippen molar-refractivity contribution in [2.24, 2.45) is 5.10 Å². The van der Waals surface area contributed by atoms with E-state index in [1.54, 1.807) is 18.2 Å². The van der Waals surface area contributed by atoms with Crippen LogP contribution in [0.3, 0.4) is 0 Å². The summed E-state index contributed by atoms with van der Waals surface area (Å²) in [7, 11) is 0. The Bertz CT molecular complexity index is 1590. The Morgan fingerprint density at radius 2 is 1.86 bits per heavy atom. The highest BCUT2D eigenvalue weighted by molar-refractivity contribution is 9.11. The van der Waals surface area contributed by atoms with Crippen LogP contribution in [0.25, 0.3) is 10.9 Å². The second kappa shape index (κ2) is 11.2. The number of nitrogens with zero attached hydrogens (tertiary/aromatic N) is 4. The summed E-state index contributed by atoms with van der Waals surface area (Å²) in [6, 6.07) is 13.4. The molecule has 0 N–H and O–H groups in total. The van der Waals surface area contributed by atoms with E-state index < -0.39 is 4.92 Å². The van der Waals surface area contributed by atoms with E-state index >= 15 is 0 Å². The molecule has 3 aromatic carbocycles. The van der Waals surface area contributed by atoms with Crippen molar-refractivity contribution in [3.8, 4) is 5.75 Å². The largest absolute Gasteiger partial charge is 0.481 e. The van der Waals surface area contributed by atoms with Crippen molar-refractivity contribution in [2.45, 2.75) is 20.0 Å². The second-order valence-electron chi connectivity index (χ2n) is 7.53. The molecule has 0 bridgehead atoms. The quantitative estimate of drug-likeness (QED) is 0.115. The number of halogens is 4. The second-order valence-corrected chi connectivity index (χ2v) is 10.7. The van der Waals surface area contributed by atoms with Crippen LogP contribution in [-0.4, -0.2) is 20.8 Å². The molecule has 1 aromatic heterocycles. The first kappa shape index (κ1) is 26.5. The fourth-order valence-electron chi connectivity index (χ4n) is 3.44. The first-order valence-corrected chi connectivity index (χ1v) is 13.2. The number of hydrogen-bond donors (Lipinski definition) is 0. The molecule has 0 saturated carbocycles. The van der Waals surface area contributed by atoms with Gasteiger partial charge < -0.3 is 4.74 Å². The molecule has 4 rings (SSSR count). The molecule has 184 valence electrons. The van der Waals surface area contributed by atoms with Crippen LogP contribution in [0.1, 0.15) is 23.9 Å². The lowest BCUT2D eigenvalue weighted by Gasteiger charge is -2.12. The number of benzene rings is 3. The molecular formula is C24H16Br3ClN4O4. The molecule has 0 aliphatic rings. The van der Waals surface area contributed by atoms with Crippen LogP contribution in [0.5, 0.6) is 5.75 Å². The van der Waals surface area contributed by atoms with E-state index in [0.29, 0.717) is 23.1 Å². The summed E-state index contributed by atoms with van der Waals surface area (Å²) in [6.07, 6.45) is 1.76. The van der Waals surface area contributed by atoms with Gasteiger partial charge in [0.15, 0.2) is 0 Å². The first-order valence-electron chi connectivity index (χ1n) is 10.5.